The highest BCUT2D eigenvalue weighted by Gasteiger charge is 2.55. The molecule has 1 rings (SSSR count). The zero-order chi connectivity index (χ0) is 29.2. The molecule has 0 fully saturated rings. The molecule has 1 aromatic rings. The summed E-state index contributed by atoms with van der Waals surface area (Å²) < 4.78 is 4.63. The van der Waals surface area contributed by atoms with Crippen LogP contribution in [0.2, 0.25) is 0 Å². The van der Waals surface area contributed by atoms with Crippen molar-refractivity contribution in [3.05, 3.63) is 34.4 Å². The Bertz CT molecular complexity index is 1040. The van der Waals surface area contributed by atoms with Gasteiger partial charge < -0.3 is 26.0 Å². The Morgan fingerprint density at radius 1 is 1.08 bits per heavy atom. The van der Waals surface area contributed by atoms with Gasteiger partial charge in [-0.3, -0.25) is 34.1 Å². The zero-order valence-electron chi connectivity index (χ0n) is 22.6. The number of ether oxygens (including phenoxy) is 1. The Balaban J connectivity index is 3.63. The summed E-state index contributed by atoms with van der Waals surface area (Å²) in [5.74, 6) is -4.30. The number of nitrogens with zero attached hydrogens (tertiary/aromatic N) is 2. The second-order valence-corrected chi connectivity index (χ2v) is 9.19. The van der Waals surface area contributed by atoms with Crippen molar-refractivity contribution >= 4 is 40.8 Å². The summed E-state index contributed by atoms with van der Waals surface area (Å²) in [6.45, 7) is 7.78. The lowest BCUT2D eigenvalue weighted by molar-refractivity contribution is -0.384. The lowest BCUT2D eigenvalue weighted by atomic mass is 9.77. The van der Waals surface area contributed by atoms with Gasteiger partial charge in [0.15, 0.2) is 11.3 Å². The molecule has 0 saturated carbocycles. The van der Waals surface area contributed by atoms with E-state index < -0.39 is 64.4 Å². The fourth-order valence-electron chi connectivity index (χ4n) is 4.02. The van der Waals surface area contributed by atoms with E-state index in [4.69, 9.17) is 5.73 Å². The molecule has 0 bridgehead atoms. The molecule has 38 heavy (non-hydrogen) atoms. The van der Waals surface area contributed by atoms with Crippen LogP contribution in [-0.2, 0) is 28.7 Å². The summed E-state index contributed by atoms with van der Waals surface area (Å²) >= 11 is 0. The number of nitrogens with two attached hydrogens (primary N) is 1. The molecule has 0 aliphatic rings. The van der Waals surface area contributed by atoms with Crippen LogP contribution in [0.5, 0.6) is 0 Å². The van der Waals surface area contributed by atoms with Crippen molar-refractivity contribution in [1.29, 1.82) is 0 Å². The number of nitro benzene ring substituents is 1. The molecule has 0 saturated heterocycles. The van der Waals surface area contributed by atoms with Crippen LogP contribution in [-0.4, -0.2) is 70.6 Å². The van der Waals surface area contributed by atoms with E-state index in [1.165, 1.54) is 45.2 Å². The van der Waals surface area contributed by atoms with Crippen LogP contribution in [0.4, 0.5) is 11.4 Å². The first-order chi connectivity index (χ1) is 17.7. The van der Waals surface area contributed by atoms with Crippen LogP contribution in [0.15, 0.2) is 24.3 Å². The number of rotatable bonds is 14. The van der Waals surface area contributed by atoms with Gasteiger partial charge in [-0.15, -0.1) is 0 Å². The molecule has 0 radical (unpaired) electrons. The molecule has 4 N–H and O–H groups in total. The molecule has 13 nitrogen and oxygen atoms in total. The molecule has 0 aliphatic carbocycles. The van der Waals surface area contributed by atoms with Gasteiger partial charge in [0.25, 0.3) is 11.6 Å². The third-order valence-corrected chi connectivity index (χ3v) is 6.01. The van der Waals surface area contributed by atoms with Crippen LogP contribution >= 0.6 is 0 Å². The van der Waals surface area contributed by atoms with Gasteiger partial charge in [-0.25, -0.2) is 0 Å². The number of non-ortho nitro benzene ring substituents is 1. The minimum absolute atomic E-state index is 0.0208. The summed E-state index contributed by atoms with van der Waals surface area (Å²) in [6.07, 6.45) is -0.352. The number of hydrogen-bond donors (Lipinski definition) is 3. The molecule has 210 valence electrons. The first-order valence-corrected chi connectivity index (χ1v) is 12.3. The number of esters is 1. The van der Waals surface area contributed by atoms with Crippen molar-refractivity contribution in [3.8, 4) is 0 Å². The second kappa shape index (κ2) is 14.2. The molecular weight excluding hydrogens is 498 g/mol. The van der Waals surface area contributed by atoms with Crippen molar-refractivity contribution in [2.45, 2.75) is 71.5 Å². The lowest BCUT2D eigenvalue weighted by Crippen LogP contribution is -2.69. The summed E-state index contributed by atoms with van der Waals surface area (Å²) in [5.41, 5.74) is 3.48. The van der Waals surface area contributed by atoms with Crippen LogP contribution in [0.25, 0.3) is 0 Å². The minimum atomic E-state index is -2.09. The number of Topliss-reactive ketones (excluding diaryl/α,β-unsaturated/α-hetero) is 1. The largest absolute Gasteiger partial charge is 0.469 e. The Hall–Kier alpha value is -3.87. The number of methoxy groups -OCH3 is 1. The molecule has 0 spiro atoms. The highest BCUT2D eigenvalue weighted by Crippen LogP contribution is 2.32. The van der Waals surface area contributed by atoms with Crippen molar-refractivity contribution in [2.24, 2.45) is 11.7 Å². The van der Waals surface area contributed by atoms with Gasteiger partial charge in [-0.05, 0) is 38.3 Å². The summed E-state index contributed by atoms with van der Waals surface area (Å²) in [6, 6.07) is 2.96. The maximum Gasteiger partial charge on any atom is 0.305 e. The van der Waals surface area contributed by atoms with E-state index in [9.17, 15) is 34.1 Å². The fourth-order valence-corrected chi connectivity index (χ4v) is 4.02. The number of nitrogens with one attached hydrogen (secondary N) is 2. The number of amides is 3. The standard InChI is InChI=1S/C25H37N5O8/c1-7-14-29(23(34)17(5)27-22(33)16(4)26)25(15(2)3,20(31)12-13-21(32)38-6)24(35)28-18-8-10-19(11-9-18)30(36)37/h8-11,15-17H,7,12-14,26H2,1-6H3,(H,27,33)(H,28,35)/t16-,17-,25+/m0/s1. The van der Waals surface area contributed by atoms with Gasteiger partial charge in [-0.1, -0.05) is 20.8 Å². The average molecular weight is 536 g/mol. The Labute approximate surface area is 221 Å². The van der Waals surface area contributed by atoms with Gasteiger partial charge in [-0.2, -0.15) is 0 Å². The highest BCUT2D eigenvalue weighted by atomic mass is 16.6. The quantitative estimate of drug-likeness (QED) is 0.137. The monoisotopic (exact) mass is 535 g/mol. The van der Waals surface area contributed by atoms with Gasteiger partial charge in [0, 0.05) is 30.8 Å². The number of carbonyl (C=O) groups excluding carboxylic acids is 5. The van der Waals surface area contributed by atoms with E-state index in [-0.39, 0.29) is 24.3 Å². The maximum absolute atomic E-state index is 13.9. The first-order valence-electron chi connectivity index (χ1n) is 12.3. The predicted molar refractivity (Wildman–Crippen MR) is 139 cm³/mol. The molecule has 1 aromatic carbocycles. The number of hydrogen-bond acceptors (Lipinski definition) is 9. The summed E-state index contributed by atoms with van der Waals surface area (Å²) in [7, 11) is 1.17. The number of anilines is 1. The molecule has 0 unspecified atom stereocenters. The number of nitro groups is 1. The van der Waals surface area contributed by atoms with E-state index in [1.54, 1.807) is 20.8 Å². The van der Waals surface area contributed by atoms with Gasteiger partial charge >= 0.3 is 5.97 Å². The number of benzene rings is 1. The highest BCUT2D eigenvalue weighted by molar-refractivity contribution is 6.18. The molecule has 13 heteroatoms. The molecule has 3 amide bonds. The third-order valence-electron chi connectivity index (χ3n) is 6.01. The molecule has 0 aliphatic heterocycles. The number of ketones is 1. The second-order valence-electron chi connectivity index (χ2n) is 9.19. The van der Waals surface area contributed by atoms with Gasteiger partial charge in [0.1, 0.15) is 6.04 Å². The van der Waals surface area contributed by atoms with Crippen LogP contribution < -0.4 is 16.4 Å². The van der Waals surface area contributed by atoms with Gasteiger partial charge in [0.2, 0.25) is 11.8 Å². The van der Waals surface area contributed by atoms with Crippen molar-refractivity contribution in [2.75, 3.05) is 19.0 Å². The molecular formula is C25H37N5O8. The predicted octanol–water partition coefficient (Wildman–Crippen LogP) is 1.54. The lowest BCUT2D eigenvalue weighted by Gasteiger charge is -2.45. The van der Waals surface area contributed by atoms with Crippen LogP contribution in [0.3, 0.4) is 0 Å². The SMILES string of the molecule is CCCN(C(=O)[C@H](C)NC(=O)[C@H](C)N)[C@](C(=O)CCC(=O)OC)(C(=O)Nc1ccc([N+](=O)[O-])cc1)C(C)C. The smallest absolute Gasteiger partial charge is 0.305 e. The Morgan fingerprint density at radius 3 is 2.11 bits per heavy atom. The molecule has 3 atom stereocenters. The third kappa shape index (κ3) is 7.57. The van der Waals surface area contributed by atoms with E-state index in [0.717, 1.165) is 4.90 Å². The van der Waals surface area contributed by atoms with Crippen molar-refractivity contribution in [1.82, 2.24) is 10.2 Å². The van der Waals surface area contributed by atoms with E-state index >= 15 is 0 Å². The van der Waals surface area contributed by atoms with Crippen molar-refractivity contribution in [3.63, 3.8) is 0 Å². The van der Waals surface area contributed by atoms with E-state index in [0.29, 0.717) is 6.42 Å². The van der Waals surface area contributed by atoms with E-state index in [2.05, 4.69) is 15.4 Å². The van der Waals surface area contributed by atoms with Crippen LogP contribution in [0.1, 0.15) is 53.9 Å². The fraction of sp³-hybridized carbons (Fsp3) is 0.560. The zero-order valence-corrected chi connectivity index (χ0v) is 22.6. The van der Waals surface area contributed by atoms with Gasteiger partial charge in [0.05, 0.1) is 24.5 Å². The Kier molecular flexibility index (Phi) is 12.0. The molecule has 0 aromatic heterocycles. The minimum Gasteiger partial charge on any atom is -0.469 e. The summed E-state index contributed by atoms with van der Waals surface area (Å²) in [4.78, 5) is 77.0. The van der Waals surface area contributed by atoms with E-state index in [1.807, 2.05) is 0 Å². The summed E-state index contributed by atoms with van der Waals surface area (Å²) in [5, 5.41) is 16.1. The molecule has 0 heterocycles. The topological polar surface area (TPSA) is 191 Å². The van der Waals surface area contributed by atoms with Crippen molar-refractivity contribution < 1.29 is 33.6 Å². The average Bonchev–Trinajstić information content (AvgIpc) is 2.86. The Morgan fingerprint density at radius 2 is 1.66 bits per heavy atom. The maximum atomic E-state index is 13.9. The normalized spacial score (nSPS) is 14.0. The first kappa shape index (κ1) is 32.2. The van der Waals surface area contributed by atoms with Crippen LogP contribution in [0, 0.1) is 16.0 Å². The number of carbonyl (C=O) groups is 5.